The molecule has 2 aromatic carbocycles. The SMILES string of the molecule is NC(CC(=O)O)Cc1cc(-c2ccccc2)ccc1Oc1ccc(Cl)cn1. The summed E-state index contributed by atoms with van der Waals surface area (Å²) in [5.41, 5.74) is 8.89. The number of carbonyl (C=O) groups is 1. The van der Waals surface area contributed by atoms with Crippen molar-refractivity contribution in [1.82, 2.24) is 4.98 Å². The number of carboxylic acid groups (broad SMARTS) is 1. The molecule has 0 bridgehead atoms. The third-order valence-corrected chi connectivity index (χ3v) is 4.22. The second-order valence-corrected chi connectivity index (χ2v) is 6.60. The van der Waals surface area contributed by atoms with Gasteiger partial charge in [0.2, 0.25) is 5.88 Å². The van der Waals surface area contributed by atoms with Crippen LogP contribution < -0.4 is 10.5 Å². The van der Waals surface area contributed by atoms with Crippen LogP contribution in [0.2, 0.25) is 5.02 Å². The van der Waals surface area contributed by atoms with Gasteiger partial charge in [-0.1, -0.05) is 48.0 Å². The average molecular weight is 383 g/mol. The molecule has 3 rings (SSSR count). The van der Waals surface area contributed by atoms with Crippen LogP contribution in [0.5, 0.6) is 11.6 Å². The van der Waals surface area contributed by atoms with Gasteiger partial charge in [0.15, 0.2) is 0 Å². The van der Waals surface area contributed by atoms with E-state index >= 15 is 0 Å². The lowest BCUT2D eigenvalue weighted by Gasteiger charge is -2.15. The fraction of sp³-hybridized carbons (Fsp3) is 0.143. The number of pyridine rings is 1. The molecule has 0 saturated heterocycles. The van der Waals surface area contributed by atoms with Crippen molar-refractivity contribution in [3.63, 3.8) is 0 Å². The Morgan fingerprint density at radius 1 is 1.11 bits per heavy atom. The number of aliphatic carboxylic acids is 1. The van der Waals surface area contributed by atoms with Gasteiger partial charge in [0.25, 0.3) is 0 Å². The summed E-state index contributed by atoms with van der Waals surface area (Å²) in [6.45, 7) is 0. The van der Waals surface area contributed by atoms with E-state index in [0.717, 1.165) is 16.7 Å². The van der Waals surface area contributed by atoms with E-state index < -0.39 is 12.0 Å². The molecule has 27 heavy (non-hydrogen) atoms. The van der Waals surface area contributed by atoms with Gasteiger partial charge < -0.3 is 15.6 Å². The summed E-state index contributed by atoms with van der Waals surface area (Å²) in [4.78, 5) is 15.1. The van der Waals surface area contributed by atoms with Gasteiger partial charge in [0.1, 0.15) is 5.75 Å². The van der Waals surface area contributed by atoms with E-state index in [9.17, 15) is 4.79 Å². The summed E-state index contributed by atoms with van der Waals surface area (Å²) in [5.74, 6) is 0.0637. The molecule has 0 aliphatic carbocycles. The van der Waals surface area contributed by atoms with E-state index in [4.69, 9.17) is 27.2 Å². The largest absolute Gasteiger partial charge is 0.481 e. The minimum absolute atomic E-state index is 0.117. The Morgan fingerprint density at radius 2 is 1.89 bits per heavy atom. The zero-order valence-corrected chi connectivity index (χ0v) is 15.3. The minimum Gasteiger partial charge on any atom is -0.481 e. The number of aromatic nitrogens is 1. The van der Waals surface area contributed by atoms with Crippen LogP contribution in [0.1, 0.15) is 12.0 Å². The second kappa shape index (κ2) is 8.66. The number of ether oxygens (including phenoxy) is 1. The first-order valence-electron chi connectivity index (χ1n) is 8.46. The Labute approximate surface area is 162 Å². The summed E-state index contributed by atoms with van der Waals surface area (Å²) in [5, 5.41) is 9.51. The van der Waals surface area contributed by atoms with Crippen LogP contribution in [0, 0.1) is 0 Å². The molecule has 6 heteroatoms. The molecule has 1 aromatic heterocycles. The van der Waals surface area contributed by atoms with Crippen molar-refractivity contribution in [2.45, 2.75) is 18.9 Å². The monoisotopic (exact) mass is 382 g/mol. The summed E-state index contributed by atoms with van der Waals surface area (Å²) < 4.78 is 5.89. The molecule has 0 aliphatic rings. The molecule has 0 radical (unpaired) electrons. The highest BCUT2D eigenvalue weighted by Gasteiger charge is 2.14. The zero-order valence-electron chi connectivity index (χ0n) is 14.5. The Bertz CT molecular complexity index is 914. The fourth-order valence-corrected chi connectivity index (χ4v) is 2.87. The number of hydrogen-bond donors (Lipinski definition) is 2. The van der Waals surface area contributed by atoms with Crippen molar-refractivity contribution in [2.75, 3.05) is 0 Å². The van der Waals surface area contributed by atoms with Crippen molar-refractivity contribution >= 4 is 17.6 Å². The third-order valence-electron chi connectivity index (χ3n) is 4.00. The van der Waals surface area contributed by atoms with Crippen LogP contribution in [-0.4, -0.2) is 22.1 Å². The smallest absolute Gasteiger partial charge is 0.304 e. The lowest BCUT2D eigenvalue weighted by Crippen LogP contribution is -2.26. The molecular weight excluding hydrogens is 364 g/mol. The number of hydrogen-bond acceptors (Lipinski definition) is 4. The molecule has 0 saturated carbocycles. The number of benzene rings is 2. The summed E-state index contributed by atoms with van der Waals surface area (Å²) in [7, 11) is 0. The number of carboxylic acids is 1. The van der Waals surface area contributed by atoms with E-state index in [1.54, 1.807) is 12.1 Å². The normalized spacial score (nSPS) is 11.8. The predicted octanol–water partition coefficient (Wildman–Crippen LogP) is 4.54. The Balaban J connectivity index is 1.92. The second-order valence-electron chi connectivity index (χ2n) is 6.17. The molecule has 0 fully saturated rings. The van der Waals surface area contributed by atoms with Crippen molar-refractivity contribution in [1.29, 1.82) is 0 Å². The highest BCUT2D eigenvalue weighted by molar-refractivity contribution is 6.30. The highest BCUT2D eigenvalue weighted by atomic mass is 35.5. The minimum atomic E-state index is -0.927. The molecule has 1 atom stereocenters. The average Bonchev–Trinajstić information content (AvgIpc) is 2.65. The number of nitrogens with two attached hydrogens (primary N) is 1. The highest BCUT2D eigenvalue weighted by Crippen LogP contribution is 2.30. The van der Waals surface area contributed by atoms with Crippen molar-refractivity contribution < 1.29 is 14.6 Å². The molecule has 138 valence electrons. The van der Waals surface area contributed by atoms with E-state index in [-0.39, 0.29) is 6.42 Å². The molecule has 3 N–H and O–H groups in total. The van der Waals surface area contributed by atoms with Gasteiger partial charge in [0.05, 0.1) is 11.4 Å². The first kappa shape index (κ1) is 18.9. The Kier molecular flexibility index (Phi) is 6.06. The molecule has 1 heterocycles. The van der Waals surface area contributed by atoms with Crippen LogP contribution in [0.4, 0.5) is 0 Å². The molecule has 1 unspecified atom stereocenters. The summed E-state index contributed by atoms with van der Waals surface area (Å²) in [6, 6.07) is 18.5. The summed E-state index contributed by atoms with van der Waals surface area (Å²) in [6.07, 6.45) is 1.76. The Hall–Kier alpha value is -2.89. The van der Waals surface area contributed by atoms with E-state index in [0.29, 0.717) is 23.1 Å². The zero-order chi connectivity index (χ0) is 19.2. The molecule has 3 aromatic rings. The maximum absolute atomic E-state index is 11.0. The quantitative estimate of drug-likeness (QED) is 0.626. The van der Waals surface area contributed by atoms with Crippen LogP contribution in [0.3, 0.4) is 0 Å². The van der Waals surface area contributed by atoms with Crippen LogP contribution in [-0.2, 0) is 11.2 Å². The number of nitrogens with zero attached hydrogens (tertiary/aromatic N) is 1. The van der Waals surface area contributed by atoms with Crippen molar-refractivity contribution in [3.05, 3.63) is 77.4 Å². The van der Waals surface area contributed by atoms with E-state index in [1.807, 2.05) is 48.5 Å². The predicted molar refractivity (Wildman–Crippen MR) is 105 cm³/mol. The third kappa shape index (κ3) is 5.29. The molecule has 5 nitrogen and oxygen atoms in total. The van der Waals surface area contributed by atoms with Gasteiger partial charge in [0, 0.05) is 18.3 Å². The van der Waals surface area contributed by atoms with Crippen LogP contribution in [0.15, 0.2) is 66.9 Å². The standard InChI is InChI=1S/C21H19ClN2O3/c22-17-7-9-20(24-13-17)27-19-8-6-15(14-4-2-1-3-5-14)10-16(19)11-18(23)12-21(25)26/h1-10,13,18H,11-12,23H2,(H,25,26). The summed E-state index contributed by atoms with van der Waals surface area (Å²) >= 11 is 5.86. The van der Waals surface area contributed by atoms with Crippen molar-refractivity contribution in [2.24, 2.45) is 5.73 Å². The van der Waals surface area contributed by atoms with E-state index in [1.165, 1.54) is 6.20 Å². The van der Waals surface area contributed by atoms with Gasteiger partial charge in [-0.05, 0) is 41.3 Å². The molecular formula is C21H19ClN2O3. The lowest BCUT2D eigenvalue weighted by atomic mass is 9.97. The number of halogens is 1. The first-order chi connectivity index (χ1) is 13.0. The van der Waals surface area contributed by atoms with Gasteiger partial charge in [-0.15, -0.1) is 0 Å². The fourth-order valence-electron chi connectivity index (χ4n) is 2.76. The molecule has 0 spiro atoms. The van der Waals surface area contributed by atoms with Crippen molar-refractivity contribution in [3.8, 4) is 22.8 Å². The van der Waals surface area contributed by atoms with Crippen LogP contribution >= 0.6 is 11.6 Å². The molecule has 0 amide bonds. The Morgan fingerprint density at radius 3 is 2.56 bits per heavy atom. The molecule has 0 aliphatic heterocycles. The van der Waals surface area contributed by atoms with Gasteiger partial charge >= 0.3 is 5.97 Å². The first-order valence-corrected chi connectivity index (χ1v) is 8.84. The van der Waals surface area contributed by atoms with Gasteiger partial charge in [-0.2, -0.15) is 0 Å². The maximum atomic E-state index is 11.0. The maximum Gasteiger partial charge on any atom is 0.304 e. The lowest BCUT2D eigenvalue weighted by molar-refractivity contribution is -0.137. The van der Waals surface area contributed by atoms with Gasteiger partial charge in [-0.25, -0.2) is 4.98 Å². The van der Waals surface area contributed by atoms with Crippen LogP contribution in [0.25, 0.3) is 11.1 Å². The van der Waals surface area contributed by atoms with E-state index in [2.05, 4.69) is 4.98 Å². The van der Waals surface area contributed by atoms with Gasteiger partial charge in [-0.3, -0.25) is 4.79 Å². The number of rotatable bonds is 7. The topological polar surface area (TPSA) is 85.4 Å².